The van der Waals surface area contributed by atoms with E-state index in [1.165, 1.54) is 12.0 Å². The zero-order valence-electron chi connectivity index (χ0n) is 17.9. The van der Waals surface area contributed by atoms with Crippen LogP contribution in [-0.2, 0) is 13.1 Å². The summed E-state index contributed by atoms with van der Waals surface area (Å²) in [6.45, 7) is 3.90. The Bertz CT molecular complexity index is 1260. The fourth-order valence-electron chi connectivity index (χ4n) is 3.94. The lowest BCUT2D eigenvalue weighted by Crippen LogP contribution is -2.36. The van der Waals surface area contributed by atoms with Gasteiger partial charge in [0.1, 0.15) is 0 Å². The summed E-state index contributed by atoms with van der Waals surface area (Å²) in [4.78, 5) is 24.0. The Kier molecular flexibility index (Phi) is 5.62. The molecule has 4 aromatic rings. The van der Waals surface area contributed by atoms with Crippen LogP contribution in [0.2, 0.25) is 0 Å². The molecule has 4 heterocycles. The molecular formula is C24H25N7O. The van der Waals surface area contributed by atoms with Crippen molar-refractivity contribution in [2.75, 3.05) is 25.5 Å². The average Bonchev–Trinajstić information content (AvgIpc) is 3.20. The Morgan fingerprint density at radius 2 is 1.88 bits per heavy atom. The molecule has 1 aromatic carbocycles. The zero-order valence-corrected chi connectivity index (χ0v) is 17.9. The van der Waals surface area contributed by atoms with Crippen LogP contribution in [0.25, 0.3) is 22.0 Å². The van der Waals surface area contributed by atoms with E-state index >= 15 is 0 Å². The lowest BCUT2D eigenvalue weighted by atomic mass is 10.0. The Morgan fingerprint density at radius 3 is 2.69 bits per heavy atom. The highest BCUT2D eigenvalue weighted by atomic mass is 16.1. The maximum atomic E-state index is 13.0. The maximum Gasteiger partial charge on any atom is 0.276 e. The molecule has 1 amide bonds. The summed E-state index contributed by atoms with van der Waals surface area (Å²) in [5, 5.41) is 14.0. The number of carbonyl (C=O) groups is 1. The first kappa shape index (κ1) is 20.3. The minimum Gasteiger partial charge on any atom is -0.319 e. The number of likely N-dealkylation sites (tertiary alicyclic amines) is 1. The van der Waals surface area contributed by atoms with Crippen molar-refractivity contribution in [3.05, 3.63) is 71.9 Å². The van der Waals surface area contributed by atoms with E-state index in [0.717, 1.165) is 47.2 Å². The fraction of sp³-hybridized carbons (Fsp3) is 0.250. The highest BCUT2D eigenvalue weighted by Gasteiger charge is 2.17. The van der Waals surface area contributed by atoms with E-state index in [0.29, 0.717) is 17.9 Å². The second-order valence-corrected chi connectivity index (χ2v) is 8.11. The molecule has 5 rings (SSSR count). The molecule has 3 aromatic heterocycles. The normalized spacial score (nSPS) is 13.8. The molecule has 0 atom stereocenters. The zero-order chi connectivity index (χ0) is 21.9. The molecule has 32 heavy (non-hydrogen) atoms. The van der Waals surface area contributed by atoms with E-state index in [1.807, 2.05) is 43.7 Å². The molecule has 1 saturated heterocycles. The topological polar surface area (TPSA) is 98.8 Å². The Hall–Kier alpha value is -3.62. The Labute approximate surface area is 186 Å². The number of aromatic amines is 1. The maximum absolute atomic E-state index is 13.0. The summed E-state index contributed by atoms with van der Waals surface area (Å²) < 4.78 is 0. The molecule has 8 heteroatoms. The summed E-state index contributed by atoms with van der Waals surface area (Å²) in [5.74, 6) is -0.276. The second-order valence-electron chi connectivity index (χ2n) is 8.11. The quantitative estimate of drug-likeness (QED) is 0.419. The van der Waals surface area contributed by atoms with Gasteiger partial charge in [0.15, 0.2) is 5.69 Å². The predicted octanol–water partition coefficient (Wildman–Crippen LogP) is 3.20. The van der Waals surface area contributed by atoms with Crippen molar-refractivity contribution in [1.82, 2.24) is 30.4 Å². The molecule has 8 nitrogen and oxygen atoms in total. The minimum atomic E-state index is -0.276. The highest BCUT2D eigenvalue weighted by molar-refractivity contribution is 6.11. The number of hydrogen-bond donors (Lipinski definition) is 3. The number of pyridine rings is 2. The van der Waals surface area contributed by atoms with Crippen LogP contribution in [0.3, 0.4) is 0 Å². The number of hydrogen-bond acceptors (Lipinski definition) is 6. The number of H-pyrrole nitrogens is 1. The summed E-state index contributed by atoms with van der Waals surface area (Å²) in [6.07, 6.45) is 8.46. The predicted molar refractivity (Wildman–Crippen MR) is 124 cm³/mol. The number of nitrogens with zero attached hydrogens (tertiary/aromatic N) is 4. The van der Waals surface area contributed by atoms with Crippen molar-refractivity contribution < 1.29 is 4.79 Å². The first-order valence-electron chi connectivity index (χ1n) is 10.7. The number of anilines is 1. The summed E-state index contributed by atoms with van der Waals surface area (Å²) in [7, 11) is 1.87. The van der Waals surface area contributed by atoms with E-state index in [4.69, 9.17) is 0 Å². The number of benzene rings is 1. The van der Waals surface area contributed by atoms with Gasteiger partial charge < -0.3 is 10.6 Å². The third-order valence-corrected chi connectivity index (χ3v) is 5.69. The molecule has 162 valence electrons. The summed E-state index contributed by atoms with van der Waals surface area (Å²) >= 11 is 0. The van der Waals surface area contributed by atoms with Gasteiger partial charge in [-0.1, -0.05) is 6.07 Å². The SMILES string of the molecule is CNCc1cncc(NC(=O)c2n[nH]c3ccc(-c4cncc(CN5CCC5)c4)cc23)c1. The molecule has 0 radical (unpaired) electrons. The molecule has 0 spiro atoms. The number of rotatable bonds is 7. The van der Waals surface area contributed by atoms with E-state index < -0.39 is 0 Å². The van der Waals surface area contributed by atoms with E-state index in [1.54, 1.807) is 12.4 Å². The van der Waals surface area contributed by atoms with E-state index in [9.17, 15) is 4.79 Å². The second kappa shape index (κ2) is 8.86. The molecule has 1 aliphatic heterocycles. The molecule has 1 fully saturated rings. The van der Waals surface area contributed by atoms with Crippen molar-refractivity contribution in [2.24, 2.45) is 0 Å². The average molecular weight is 428 g/mol. The molecule has 1 aliphatic rings. The first-order valence-corrected chi connectivity index (χ1v) is 10.7. The van der Waals surface area contributed by atoms with Crippen LogP contribution in [0.4, 0.5) is 5.69 Å². The van der Waals surface area contributed by atoms with Crippen LogP contribution in [-0.4, -0.2) is 51.1 Å². The first-order chi connectivity index (χ1) is 15.7. The van der Waals surface area contributed by atoms with Gasteiger partial charge in [0.2, 0.25) is 0 Å². The lowest BCUT2D eigenvalue weighted by molar-refractivity contribution is 0.102. The van der Waals surface area contributed by atoms with Crippen molar-refractivity contribution in [1.29, 1.82) is 0 Å². The van der Waals surface area contributed by atoms with Crippen LogP contribution in [0.5, 0.6) is 0 Å². The van der Waals surface area contributed by atoms with Gasteiger partial charge in [-0.2, -0.15) is 5.10 Å². The standard InChI is InChI=1S/C24H25N7O/c1-25-10-16-8-20(14-27-11-16)28-24(32)23-21-9-18(3-4-22(21)29-30-23)19-7-17(12-26-13-19)15-31-5-2-6-31/h3-4,7-9,11-14,25H,2,5-6,10,15H2,1H3,(H,28,32)(H,29,30). The van der Waals surface area contributed by atoms with Crippen molar-refractivity contribution >= 4 is 22.5 Å². The Morgan fingerprint density at radius 1 is 1.03 bits per heavy atom. The highest BCUT2D eigenvalue weighted by Crippen LogP contribution is 2.26. The van der Waals surface area contributed by atoms with Crippen LogP contribution in [0, 0.1) is 0 Å². The monoisotopic (exact) mass is 427 g/mol. The Balaban J connectivity index is 1.41. The van der Waals surface area contributed by atoms with Gasteiger partial charge in [-0.25, -0.2) is 0 Å². The fourth-order valence-corrected chi connectivity index (χ4v) is 3.94. The van der Waals surface area contributed by atoms with Crippen LogP contribution in [0.1, 0.15) is 28.0 Å². The minimum absolute atomic E-state index is 0.276. The third-order valence-electron chi connectivity index (χ3n) is 5.69. The summed E-state index contributed by atoms with van der Waals surface area (Å²) in [5.41, 5.74) is 6.02. The van der Waals surface area contributed by atoms with Crippen LogP contribution < -0.4 is 10.6 Å². The summed E-state index contributed by atoms with van der Waals surface area (Å²) in [6, 6.07) is 10.0. The van der Waals surface area contributed by atoms with Crippen LogP contribution >= 0.6 is 0 Å². The molecule has 0 saturated carbocycles. The third kappa shape index (κ3) is 4.23. The molecule has 0 bridgehead atoms. The molecule has 3 N–H and O–H groups in total. The lowest BCUT2D eigenvalue weighted by Gasteiger charge is -2.30. The van der Waals surface area contributed by atoms with Crippen molar-refractivity contribution in [3.8, 4) is 11.1 Å². The van der Waals surface area contributed by atoms with E-state index in [-0.39, 0.29) is 5.91 Å². The van der Waals surface area contributed by atoms with Gasteiger partial charge >= 0.3 is 0 Å². The number of fused-ring (bicyclic) bond motifs is 1. The number of carbonyl (C=O) groups excluding carboxylic acids is 1. The van der Waals surface area contributed by atoms with Gasteiger partial charge in [0.05, 0.1) is 17.4 Å². The van der Waals surface area contributed by atoms with Crippen molar-refractivity contribution in [2.45, 2.75) is 19.5 Å². The van der Waals surface area contributed by atoms with Gasteiger partial charge in [-0.15, -0.1) is 0 Å². The molecule has 0 unspecified atom stereocenters. The van der Waals surface area contributed by atoms with Crippen LogP contribution in [0.15, 0.2) is 55.1 Å². The van der Waals surface area contributed by atoms with E-state index in [2.05, 4.69) is 41.8 Å². The smallest absolute Gasteiger partial charge is 0.276 e. The number of aromatic nitrogens is 4. The van der Waals surface area contributed by atoms with Gasteiger partial charge in [-0.05, 0) is 67.5 Å². The number of nitrogens with one attached hydrogen (secondary N) is 3. The largest absolute Gasteiger partial charge is 0.319 e. The van der Waals surface area contributed by atoms with Gasteiger partial charge in [0.25, 0.3) is 5.91 Å². The van der Waals surface area contributed by atoms with Gasteiger partial charge in [0, 0.05) is 42.6 Å². The van der Waals surface area contributed by atoms with Crippen molar-refractivity contribution in [3.63, 3.8) is 0 Å². The molecular weight excluding hydrogens is 402 g/mol. The molecule has 0 aliphatic carbocycles. The van der Waals surface area contributed by atoms with Gasteiger partial charge in [-0.3, -0.25) is 24.8 Å². The number of amides is 1.